The minimum Gasteiger partial charge on any atom is -0.504 e. The van der Waals surface area contributed by atoms with E-state index in [1.54, 1.807) is 19.1 Å². The molecule has 0 atom stereocenters. The maximum atomic E-state index is 11.9. The molecule has 0 aliphatic heterocycles. The van der Waals surface area contributed by atoms with Crippen LogP contribution in [-0.2, 0) is 11.2 Å². The van der Waals surface area contributed by atoms with Crippen molar-refractivity contribution < 1.29 is 14.6 Å². The molecule has 0 aliphatic carbocycles. The standard InChI is InChI=1S/C16H18N4O5/c1-3-25-13-6-10(4-5-12(13)21)8-17-20-14(22)7-11-9(2)18-16(24)19-15(11)23/h4-6,8,21H,3,7H2,1-2H3,(H,20,22)(H2,18,19,23,24)/b17-8-. The van der Waals surface area contributed by atoms with E-state index >= 15 is 0 Å². The summed E-state index contributed by atoms with van der Waals surface area (Å²) < 4.78 is 5.25. The molecule has 4 N–H and O–H groups in total. The number of H-pyrrole nitrogens is 2. The van der Waals surface area contributed by atoms with Crippen LogP contribution < -0.4 is 21.4 Å². The SMILES string of the molecule is CCOc1cc(/C=N\NC(=O)Cc2c(C)[nH]c(=O)[nH]c2=O)ccc1O. The van der Waals surface area contributed by atoms with Crippen LogP contribution in [0.5, 0.6) is 11.5 Å². The molecule has 0 radical (unpaired) electrons. The highest BCUT2D eigenvalue weighted by Crippen LogP contribution is 2.26. The Morgan fingerprint density at radius 1 is 1.36 bits per heavy atom. The van der Waals surface area contributed by atoms with Crippen LogP contribution in [0.2, 0.25) is 0 Å². The number of aromatic hydroxyl groups is 1. The number of nitrogens with zero attached hydrogens (tertiary/aromatic N) is 1. The van der Waals surface area contributed by atoms with Crippen LogP contribution >= 0.6 is 0 Å². The van der Waals surface area contributed by atoms with Gasteiger partial charge in [-0.25, -0.2) is 10.2 Å². The molecule has 0 aliphatic rings. The average Bonchev–Trinajstić information content (AvgIpc) is 2.54. The van der Waals surface area contributed by atoms with E-state index in [0.29, 0.717) is 23.6 Å². The van der Waals surface area contributed by atoms with Crippen molar-refractivity contribution in [3.05, 3.63) is 55.9 Å². The first-order valence-corrected chi connectivity index (χ1v) is 7.50. The van der Waals surface area contributed by atoms with E-state index in [4.69, 9.17) is 4.74 Å². The van der Waals surface area contributed by atoms with Crippen molar-refractivity contribution in [1.82, 2.24) is 15.4 Å². The van der Waals surface area contributed by atoms with E-state index in [0.717, 1.165) is 0 Å². The molecule has 9 nitrogen and oxygen atoms in total. The Morgan fingerprint density at radius 2 is 2.12 bits per heavy atom. The van der Waals surface area contributed by atoms with Crippen LogP contribution in [0.1, 0.15) is 23.7 Å². The molecular formula is C16H18N4O5. The lowest BCUT2D eigenvalue weighted by Gasteiger charge is -2.06. The highest BCUT2D eigenvalue weighted by Gasteiger charge is 2.10. The Labute approximate surface area is 142 Å². The number of nitrogens with one attached hydrogen (secondary N) is 3. The summed E-state index contributed by atoms with van der Waals surface area (Å²) in [4.78, 5) is 39.2. The van der Waals surface area contributed by atoms with E-state index < -0.39 is 17.2 Å². The van der Waals surface area contributed by atoms with Crippen LogP contribution in [0.3, 0.4) is 0 Å². The Kier molecular flexibility index (Phi) is 5.72. The minimum atomic E-state index is -0.623. The molecule has 2 aromatic rings. The first-order valence-electron chi connectivity index (χ1n) is 7.50. The Hall–Kier alpha value is -3.36. The number of rotatable bonds is 6. The number of hydrogen-bond donors (Lipinski definition) is 4. The van der Waals surface area contributed by atoms with Gasteiger partial charge in [-0.05, 0) is 37.6 Å². The number of hydrazone groups is 1. The fourth-order valence-corrected chi connectivity index (χ4v) is 2.10. The third kappa shape index (κ3) is 4.80. The summed E-state index contributed by atoms with van der Waals surface area (Å²) in [5.74, 6) is -0.190. The number of amides is 1. The molecule has 2 rings (SSSR count). The lowest BCUT2D eigenvalue weighted by atomic mass is 10.1. The van der Waals surface area contributed by atoms with Gasteiger partial charge in [0, 0.05) is 11.3 Å². The fourth-order valence-electron chi connectivity index (χ4n) is 2.10. The lowest BCUT2D eigenvalue weighted by Crippen LogP contribution is -2.30. The van der Waals surface area contributed by atoms with Gasteiger partial charge in [0.05, 0.1) is 19.2 Å². The number of phenolic OH excluding ortho intramolecular Hbond substituents is 1. The van der Waals surface area contributed by atoms with Crippen LogP contribution in [0.4, 0.5) is 0 Å². The van der Waals surface area contributed by atoms with Crippen molar-refractivity contribution in [3.63, 3.8) is 0 Å². The Morgan fingerprint density at radius 3 is 2.80 bits per heavy atom. The molecule has 0 saturated carbocycles. The van der Waals surface area contributed by atoms with E-state index in [1.807, 2.05) is 0 Å². The second-order valence-electron chi connectivity index (χ2n) is 5.14. The molecule has 25 heavy (non-hydrogen) atoms. The van der Waals surface area contributed by atoms with Gasteiger partial charge >= 0.3 is 5.69 Å². The summed E-state index contributed by atoms with van der Waals surface area (Å²) in [6, 6.07) is 4.63. The van der Waals surface area contributed by atoms with Crippen LogP contribution in [0, 0.1) is 6.92 Å². The van der Waals surface area contributed by atoms with Crippen molar-refractivity contribution >= 4 is 12.1 Å². The van der Waals surface area contributed by atoms with Gasteiger partial charge in [-0.3, -0.25) is 14.6 Å². The third-order valence-electron chi connectivity index (χ3n) is 3.28. The van der Waals surface area contributed by atoms with Crippen LogP contribution in [0.15, 0.2) is 32.9 Å². The number of aromatic amines is 2. The lowest BCUT2D eigenvalue weighted by molar-refractivity contribution is -0.120. The van der Waals surface area contributed by atoms with Gasteiger partial charge < -0.3 is 14.8 Å². The average molecular weight is 346 g/mol. The number of carbonyl (C=O) groups excluding carboxylic acids is 1. The summed E-state index contributed by atoms with van der Waals surface area (Å²) in [6.45, 7) is 3.73. The Bertz CT molecular complexity index is 913. The number of hydrogen-bond acceptors (Lipinski definition) is 6. The highest BCUT2D eigenvalue weighted by molar-refractivity contribution is 5.84. The molecule has 132 valence electrons. The third-order valence-corrected chi connectivity index (χ3v) is 3.28. The second-order valence-corrected chi connectivity index (χ2v) is 5.14. The van der Waals surface area contributed by atoms with Crippen molar-refractivity contribution in [2.45, 2.75) is 20.3 Å². The fraction of sp³-hybridized carbons (Fsp3) is 0.250. The first-order chi connectivity index (χ1) is 11.9. The largest absolute Gasteiger partial charge is 0.504 e. The molecule has 0 unspecified atom stereocenters. The second kappa shape index (κ2) is 7.95. The molecule has 1 heterocycles. The van der Waals surface area contributed by atoms with E-state index in [1.165, 1.54) is 19.2 Å². The predicted octanol–water partition coefficient (Wildman–Crippen LogP) is 0.169. The first kappa shape index (κ1) is 18.0. The molecule has 0 saturated heterocycles. The maximum Gasteiger partial charge on any atom is 0.325 e. The topological polar surface area (TPSA) is 137 Å². The zero-order chi connectivity index (χ0) is 18.4. The summed E-state index contributed by atoms with van der Waals surface area (Å²) in [5.41, 5.74) is 2.16. The molecular weight excluding hydrogens is 328 g/mol. The predicted molar refractivity (Wildman–Crippen MR) is 91.1 cm³/mol. The van der Waals surface area contributed by atoms with Crippen LogP contribution in [0.25, 0.3) is 0 Å². The van der Waals surface area contributed by atoms with Crippen molar-refractivity contribution in [2.24, 2.45) is 5.10 Å². The minimum absolute atomic E-state index is 0.0100. The Balaban J connectivity index is 2.03. The van der Waals surface area contributed by atoms with Crippen molar-refractivity contribution in [1.29, 1.82) is 0 Å². The highest BCUT2D eigenvalue weighted by atomic mass is 16.5. The molecule has 9 heteroatoms. The zero-order valence-electron chi connectivity index (χ0n) is 13.8. The van der Waals surface area contributed by atoms with E-state index in [2.05, 4.69) is 20.5 Å². The summed E-state index contributed by atoms with van der Waals surface area (Å²) >= 11 is 0. The van der Waals surface area contributed by atoms with Crippen molar-refractivity contribution in [3.8, 4) is 11.5 Å². The van der Waals surface area contributed by atoms with Gasteiger partial charge in [0.2, 0.25) is 5.91 Å². The zero-order valence-corrected chi connectivity index (χ0v) is 13.8. The molecule has 1 amide bonds. The molecule has 0 fully saturated rings. The van der Waals surface area contributed by atoms with Crippen LogP contribution in [-0.4, -0.2) is 33.8 Å². The quantitative estimate of drug-likeness (QED) is 0.436. The number of ether oxygens (including phenoxy) is 1. The van der Waals surface area contributed by atoms with Gasteiger partial charge in [0.15, 0.2) is 11.5 Å². The molecule has 1 aromatic carbocycles. The van der Waals surface area contributed by atoms with Gasteiger partial charge in [-0.2, -0.15) is 5.10 Å². The van der Waals surface area contributed by atoms with Gasteiger partial charge in [-0.1, -0.05) is 0 Å². The molecule has 0 spiro atoms. The molecule has 0 bridgehead atoms. The van der Waals surface area contributed by atoms with Crippen molar-refractivity contribution in [2.75, 3.05) is 6.61 Å². The van der Waals surface area contributed by atoms with E-state index in [-0.39, 0.29) is 17.7 Å². The summed E-state index contributed by atoms with van der Waals surface area (Å²) in [6.07, 6.45) is 1.15. The van der Waals surface area contributed by atoms with Gasteiger partial charge in [0.25, 0.3) is 5.56 Å². The number of aryl methyl sites for hydroxylation is 1. The van der Waals surface area contributed by atoms with Gasteiger partial charge in [-0.15, -0.1) is 0 Å². The molecule has 1 aromatic heterocycles. The van der Waals surface area contributed by atoms with E-state index in [9.17, 15) is 19.5 Å². The smallest absolute Gasteiger partial charge is 0.325 e. The number of carbonyl (C=O) groups is 1. The normalized spacial score (nSPS) is 10.8. The maximum absolute atomic E-state index is 11.9. The monoisotopic (exact) mass is 346 g/mol. The number of phenols is 1. The number of benzene rings is 1. The number of aromatic nitrogens is 2. The van der Waals surface area contributed by atoms with Gasteiger partial charge in [0.1, 0.15) is 0 Å². The summed E-state index contributed by atoms with van der Waals surface area (Å²) in [7, 11) is 0. The summed E-state index contributed by atoms with van der Waals surface area (Å²) in [5, 5.41) is 13.4.